The Bertz CT molecular complexity index is 1450. The Hall–Kier alpha value is -3.19. The van der Waals surface area contributed by atoms with E-state index in [0.29, 0.717) is 0 Å². The summed E-state index contributed by atoms with van der Waals surface area (Å²) in [5.74, 6) is 0. The fourth-order valence-corrected chi connectivity index (χ4v) is 8.30. The zero-order chi connectivity index (χ0) is 28.1. The van der Waals surface area contributed by atoms with Gasteiger partial charge in [0, 0.05) is 0 Å². The second-order valence-electron chi connectivity index (χ2n) is 11.0. The summed E-state index contributed by atoms with van der Waals surface area (Å²) in [5.41, 5.74) is 8.98. The number of hydrogen-bond donors (Lipinski definition) is 0. The first kappa shape index (κ1) is 27.6. The molecule has 7 rings (SSSR count). The molecule has 3 fully saturated rings. The van der Waals surface area contributed by atoms with Gasteiger partial charge in [0.25, 0.3) is 0 Å². The molecule has 4 aliphatic heterocycles. The molecule has 0 spiro atoms. The Balaban J connectivity index is 1.20. The van der Waals surface area contributed by atoms with Crippen LogP contribution in [0.3, 0.4) is 0 Å². The number of anilines is 2. The van der Waals surface area contributed by atoms with Crippen LogP contribution in [-0.4, -0.2) is 104 Å². The van der Waals surface area contributed by atoms with Crippen molar-refractivity contribution in [1.29, 1.82) is 0 Å². The normalized spacial score (nSPS) is 21.5. The van der Waals surface area contributed by atoms with Crippen LogP contribution in [-0.2, 0) is 14.2 Å². The third-order valence-corrected chi connectivity index (χ3v) is 10.8. The standard InChI is InChI=1S/C35H38N3O3Se/c1-7-31(36-13-19-39-20-14-36)8-2-27(1)30-25-34(28-3-9-32(10-4-28)37-15-21-40-22-16-37)42-35(26-30)29-5-11-33(12-6-29)38-17-23-41-24-18-38/h1-12,25-26H,13-24H2/q+1. The molecule has 4 heterocycles. The van der Waals surface area contributed by atoms with Gasteiger partial charge in [-0.05, 0) is 0 Å². The first-order valence-corrected chi connectivity index (χ1v) is 16.8. The van der Waals surface area contributed by atoms with E-state index in [9.17, 15) is 0 Å². The van der Waals surface area contributed by atoms with Crippen molar-refractivity contribution in [3.05, 3.63) is 106 Å². The Morgan fingerprint density at radius 3 is 1.67 bits per heavy atom. The molecule has 0 bridgehead atoms. The van der Waals surface area contributed by atoms with Crippen LogP contribution < -0.4 is 9.80 Å². The summed E-state index contributed by atoms with van der Waals surface area (Å²) in [6.07, 6.45) is 14.0. The SMILES string of the molecule is C1=CC(=[N+]2CCOCC2)C=CC1=C1C=C(c2ccc(N3CCOCC3)cc2)C=C(c2ccc(N3CCOCC3)cc2)[Se]1. The Labute approximate surface area is 255 Å². The van der Waals surface area contributed by atoms with Gasteiger partial charge in [0.05, 0.1) is 0 Å². The average molecular weight is 628 g/mol. The van der Waals surface area contributed by atoms with Crippen LogP contribution in [0.5, 0.6) is 0 Å². The van der Waals surface area contributed by atoms with Gasteiger partial charge in [-0.25, -0.2) is 0 Å². The molecule has 7 heteroatoms. The van der Waals surface area contributed by atoms with Crippen molar-refractivity contribution in [1.82, 2.24) is 0 Å². The summed E-state index contributed by atoms with van der Waals surface area (Å²) in [6, 6.07) is 18.3. The minimum absolute atomic E-state index is 0.193. The van der Waals surface area contributed by atoms with Crippen molar-refractivity contribution >= 4 is 42.1 Å². The Morgan fingerprint density at radius 2 is 1.10 bits per heavy atom. The summed E-state index contributed by atoms with van der Waals surface area (Å²) in [6.45, 7) is 10.5. The third-order valence-electron chi connectivity index (χ3n) is 8.43. The fraction of sp³-hybridized carbons (Fsp3) is 0.343. The molecule has 0 radical (unpaired) electrons. The molecule has 3 saturated heterocycles. The van der Waals surface area contributed by atoms with Crippen LogP contribution in [0, 0.1) is 0 Å². The molecule has 2 aromatic carbocycles. The molecule has 0 N–H and O–H groups in total. The van der Waals surface area contributed by atoms with E-state index in [4.69, 9.17) is 14.2 Å². The van der Waals surface area contributed by atoms with E-state index in [2.05, 4.69) is 99.4 Å². The van der Waals surface area contributed by atoms with Crippen molar-refractivity contribution in [2.24, 2.45) is 0 Å². The van der Waals surface area contributed by atoms with Crippen molar-refractivity contribution < 1.29 is 18.8 Å². The number of hydrogen-bond acceptors (Lipinski definition) is 5. The number of rotatable bonds is 4. The summed E-state index contributed by atoms with van der Waals surface area (Å²) in [5, 5.41) is 0. The maximum atomic E-state index is 5.56. The number of allylic oxidation sites excluding steroid dienone is 9. The number of nitrogens with zero attached hydrogens (tertiary/aromatic N) is 3. The van der Waals surface area contributed by atoms with Gasteiger partial charge in [-0.1, -0.05) is 0 Å². The van der Waals surface area contributed by atoms with Crippen LogP contribution in [0.1, 0.15) is 11.1 Å². The summed E-state index contributed by atoms with van der Waals surface area (Å²) < 4.78 is 21.9. The van der Waals surface area contributed by atoms with Gasteiger partial charge in [0.2, 0.25) is 0 Å². The molecular formula is C35H38N3O3Se+. The molecule has 42 heavy (non-hydrogen) atoms. The topological polar surface area (TPSA) is 37.2 Å². The van der Waals surface area contributed by atoms with E-state index >= 15 is 0 Å². The van der Waals surface area contributed by atoms with E-state index in [1.165, 1.54) is 48.3 Å². The van der Waals surface area contributed by atoms with Crippen molar-refractivity contribution in [2.75, 3.05) is 88.7 Å². The van der Waals surface area contributed by atoms with E-state index < -0.39 is 0 Å². The van der Waals surface area contributed by atoms with E-state index in [0.717, 1.165) is 78.9 Å². The van der Waals surface area contributed by atoms with Crippen LogP contribution >= 0.6 is 0 Å². The van der Waals surface area contributed by atoms with Gasteiger partial charge in [0.15, 0.2) is 0 Å². The first-order valence-electron chi connectivity index (χ1n) is 15.1. The zero-order valence-corrected chi connectivity index (χ0v) is 25.8. The number of benzene rings is 2. The van der Waals surface area contributed by atoms with Crippen molar-refractivity contribution in [3.8, 4) is 0 Å². The van der Waals surface area contributed by atoms with Crippen molar-refractivity contribution in [3.63, 3.8) is 0 Å². The molecular weight excluding hydrogens is 589 g/mol. The number of morpholine rings is 3. The third kappa shape index (κ3) is 6.26. The summed E-state index contributed by atoms with van der Waals surface area (Å²) >= 11 is 0.193. The molecule has 216 valence electrons. The first-order chi connectivity index (χ1) is 20.8. The second kappa shape index (κ2) is 13.0. The average Bonchev–Trinajstić information content (AvgIpc) is 3.09. The summed E-state index contributed by atoms with van der Waals surface area (Å²) in [4.78, 5) is 4.83. The molecule has 0 unspecified atom stereocenters. The molecule has 5 aliphatic rings. The minimum atomic E-state index is 0.193. The molecule has 0 amide bonds. The molecule has 6 nitrogen and oxygen atoms in total. The Morgan fingerprint density at radius 1 is 0.571 bits per heavy atom. The second-order valence-corrected chi connectivity index (χ2v) is 13.3. The van der Waals surface area contributed by atoms with Crippen molar-refractivity contribution in [2.45, 2.75) is 0 Å². The monoisotopic (exact) mass is 628 g/mol. The van der Waals surface area contributed by atoms with E-state index in [-0.39, 0.29) is 15.0 Å². The predicted molar refractivity (Wildman–Crippen MR) is 172 cm³/mol. The van der Waals surface area contributed by atoms with Crippen LogP contribution in [0.25, 0.3) is 10.0 Å². The van der Waals surface area contributed by atoms with Gasteiger partial charge < -0.3 is 0 Å². The molecule has 0 aromatic heterocycles. The maximum absolute atomic E-state index is 5.56. The quantitative estimate of drug-likeness (QED) is 0.372. The molecule has 2 aromatic rings. The zero-order valence-electron chi connectivity index (χ0n) is 24.0. The molecule has 0 atom stereocenters. The van der Waals surface area contributed by atoms with Gasteiger partial charge in [0.1, 0.15) is 0 Å². The van der Waals surface area contributed by atoms with E-state index in [1.54, 1.807) is 0 Å². The van der Waals surface area contributed by atoms with Gasteiger partial charge in [-0.15, -0.1) is 0 Å². The van der Waals surface area contributed by atoms with Gasteiger partial charge >= 0.3 is 256 Å². The van der Waals surface area contributed by atoms with Crippen LogP contribution in [0.15, 0.2) is 95.0 Å². The van der Waals surface area contributed by atoms with Gasteiger partial charge in [-0.2, -0.15) is 0 Å². The molecule has 1 aliphatic carbocycles. The summed E-state index contributed by atoms with van der Waals surface area (Å²) in [7, 11) is 0. The predicted octanol–water partition coefficient (Wildman–Crippen LogP) is 4.37. The Kier molecular flexibility index (Phi) is 8.54. The number of ether oxygens (including phenoxy) is 3. The van der Waals surface area contributed by atoms with Crippen LogP contribution in [0.4, 0.5) is 11.4 Å². The van der Waals surface area contributed by atoms with E-state index in [1.807, 2.05) is 0 Å². The molecule has 0 saturated carbocycles. The van der Waals surface area contributed by atoms with Crippen LogP contribution in [0.2, 0.25) is 0 Å². The fourth-order valence-electron chi connectivity index (χ4n) is 5.96. The van der Waals surface area contributed by atoms with Gasteiger partial charge in [-0.3, -0.25) is 0 Å².